The molecule has 0 aromatic carbocycles. The first kappa shape index (κ1) is 15.4. The number of hydrogen-bond acceptors (Lipinski definition) is 4. The van der Waals surface area contributed by atoms with E-state index in [0.717, 1.165) is 18.7 Å². The lowest BCUT2D eigenvalue weighted by Crippen LogP contribution is -2.33. The number of aromatic nitrogens is 1. The molecular formula is C14H23N3O2. The van der Waals surface area contributed by atoms with E-state index in [4.69, 9.17) is 5.11 Å². The molecule has 0 saturated carbocycles. The van der Waals surface area contributed by atoms with Crippen molar-refractivity contribution in [1.29, 1.82) is 0 Å². The summed E-state index contributed by atoms with van der Waals surface area (Å²) < 4.78 is 0. The van der Waals surface area contributed by atoms with Crippen LogP contribution >= 0.6 is 0 Å². The predicted octanol–water partition coefficient (Wildman–Crippen LogP) is 2.23. The van der Waals surface area contributed by atoms with Crippen molar-refractivity contribution in [2.45, 2.75) is 33.2 Å². The maximum Gasteiger partial charge on any atom is 0.339 e. The highest BCUT2D eigenvalue weighted by atomic mass is 16.4. The van der Waals surface area contributed by atoms with Gasteiger partial charge in [0.25, 0.3) is 0 Å². The number of hydrogen-bond donors (Lipinski definition) is 2. The van der Waals surface area contributed by atoms with E-state index in [1.807, 2.05) is 6.92 Å². The molecule has 0 fully saturated rings. The van der Waals surface area contributed by atoms with Gasteiger partial charge in [0.2, 0.25) is 0 Å². The monoisotopic (exact) mass is 265 g/mol. The highest BCUT2D eigenvalue weighted by Gasteiger charge is 2.12. The third kappa shape index (κ3) is 4.52. The summed E-state index contributed by atoms with van der Waals surface area (Å²) in [6.07, 6.45) is 1.10. The zero-order valence-corrected chi connectivity index (χ0v) is 12.1. The van der Waals surface area contributed by atoms with Gasteiger partial charge in [0.1, 0.15) is 11.4 Å². The molecule has 1 heterocycles. The van der Waals surface area contributed by atoms with Gasteiger partial charge in [-0.05, 0) is 39.4 Å². The van der Waals surface area contributed by atoms with Gasteiger partial charge < -0.3 is 15.3 Å². The normalized spacial score (nSPS) is 12.5. The van der Waals surface area contributed by atoms with Crippen LogP contribution < -0.4 is 5.32 Å². The van der Waals surface area contributed by atoms with Gasteiger partial charge in [-0.2, -0.15) is 0 Å². The van der Waals surface area contributed by atoms with Gasteiger partial charge in [-0.3, -0.25) is 0 Å². The van der Waals surface area contributed by atoms with Crippen molar-refractivity contribution in [2.75, 3.05) is 25.5 Å². The van der Waals surface area contributed by atoms with Crippen LogP contribution in [-0.4, -0.2) is 47.1 Å². The van der Waals surface area contributed by atoms with Gasteiger partial charge in [-0.1, -0.05) is 6.92 Å². The molecule has 106 valence electrons. The van der Waals surface area contributed by atoms with Gasteiger partial charge in [0, 0.05) is 24.8 Å². The molecule has 1 aromatic rings. The Morgan fingerprint density at radius 3 is 2.79 bits per heavy atom. The molecule has 19 heavy (non-hydrogen) atoms. The summed E-state index contributed by atoms with van der Waals surface area (Å²) in [5.74, 6) is -0.504. The van der Waals surface area contributed by atoms with E-state index in [0.29, 0.717) is 18.4 Å². The van der Waals surface area contributed by atoms with E-state index < -0.39 is 5.97 Å². The van der Waals surface area contributed by atoms with Crippen LogP contribution in [-0.2, 0) is 0 Å². The summed E-state index contributed by atoms with van der Waals surface area (Å²) >= 11 is 0. The van der Waals surface area contributed by atoms with Crippen molar-refractivity contribution >= 4 is 11.8 Å². The zero-order chi connectivity index (χ0) is 14.4. The first-order chi connectivity index (χ1) is 8.95. The molecule has 0 radical (unpaired) electrons. The molecule has 0 saturated heterocycles. The Labute approximate surface area is 114 Å². The summed E-state index contributed by atoms with van der Waals surface area (Å²) in [6, 6.07) is 3.82. The largest absolute Gasteiger partial charge is 0.478 e. The number of likely N-dealkylation sites (N-methyl/N-ethyl adjacent to an activating group) is 1. The smallest absolute Gasteiger partial charge is 0.339 e. The first-order valence-corrected chi connectivity index (χ1v) is 6.60. The topological polar surface area (TPSA) is 65.5 Å². The molecule has 0 spiro atoms. The van der Waals surface area contributed by atoms with Gasteiger partial charge in [-0.15, -0.1) is 0 Å². The van der Waals surface area contributed by atoms with Crippen LogP contribution in [0.15, 0.2) is 12.1 Å². The van der Waals surface area contributed by atoms with E-state index >= 15 is 0 Å². The number of nitrogens with one attached hydrogen (secondary N) is 1. The molecule has 0 aliphatic rings. The number of carboxylic acid groups (broad SMARTS) is 1. The van der Waals surface area contributed by atoms with Crippen molar-refractivity contribution in [1.82, 2.24) is 9.88 Å². The van der Waals surface area contributed by atoms with Crippen LogP contribution in [0.5, 0.6) is 0 Å². The second-order valence-electron chi connectivity index (χ2n) is 4.82. The number of rotatable bonds is 7. The Morgan fingerprint density at radius 1 is 1.53 bits per heavy atom. The maximum absolute atomic E-state index is 11.1. The van der Waals surface area contributed by atoms with Crippen LogP contribution in [0.2, 0.25) is 0 Å². The minimum absolute atomic E-state index is 0.219. The molecule has 0 amide bonds. The van der Waals surface area contributed by atoms with Crippen LogP contribution in [0.3, 0.4) is 0 Å². The molecule has 0 aliphatic heterocycles. The fraction of sp³-hybridized carbons (Fsp3) is 0.571. The third-order valence-electron chi connectivity index (χ3n) is 3.37. The molecule has 1 rings (SSSR count). The Kier molecular flexibility index (Phi) is 5.76. The van der Waals surface area contributed by atoms with E-state index in [2.05, 4.69) is 36.1 Å². The molecule has 0 aliphatic carbocycles. The number of aryl methyl sites for hydroxylation is 1. The highest BCUT2D eigenvalue weighted by molar-refractivity contribution is 5.93. The van der Waals surface area contributed by atoms with Gasteiger partial charge >= 0.3 is 5.97 Å². The highest BCUT2D eigenvalue weighted by Crippen LogP contribution is 2.13. The fourth-order valence-corrected chi connectivity index (χ4v) is 1.75. The van der Waals surface area contributed by atoms with Crippen molar-refractivity contribution in [2.24, 2.45) is 0 Å². The quantitative estimate of drug-likeness (QED) is 0.791. The first-order valence-electron chi connectivity index (χ1n) is 6.60. The standard InChI is InChI=1S/C14H23N3O2/c1-5-11(3)17(4)9-8-15-13-12(14(18)19)7-6-10(2)16-13/h6-7,11H,5,8-9H2,1-4H3,(H,15,16)(H,18,19). The fourth-order valence-electron chi connectivity index (χ4n) is 1.75. The van der Waals surface area contributed by atoms with Crippen LogP contribution in [0.25, 0.3) is 0 Å². The molecule has 2 N–H and O–H groups in total. The maximum atomic E-state index is 11.1. The molecule has 1 unspecified atom stereocenters. The molecular weight excluding hydrogens is 242 g/mol. The summed E-state index contributed by atoms with van der Waals surface area (Å²) in [4.78, 5) is 17.6. The summed E-state index contributed by atoms with van der Waals surface area (Å²) in [6.45, 7) is 7.70. The summed E-state index contributed by atoms with van der Waals surface area (Å²) in [5.41, 5.74) is 1.03. The van der Waals surface area contributed by atoms with Crippen LogP contribution in [0, 0.1) is 6.92 Å². The van der Waals surface area contributed by atoms with E-state index in [9.17, 15) is 4.79 Å². The lowest BCUT2D eigenvalue weighted by atomic mass is 10.2. The van der Waals surface area contributed by atoms with Gasteiger partial charge in [0.05, 0.1) is 0 Å². The van der Waals surface area contributed by atoms with Gasteiger partial charge in [-0.25, -0.2) is 9.78 Å². The van der Waals surface area contributed by atoms with Crippen molar-refractivity contribution < 1.29 is 9.90 Å². The number of anilines is 1. The number of nitrogens with zero attached hydrogens (tertiary/aromatic N) is 2. The van der Waals surface area contributed by atoms with Crippen LogP contribution in [0.1, 0.15) is 36.3 Å². The summed E-state index contributed by atoms with van der Waals surface area (Å²) in [5, 5.41) is 12.2. The minimum atomic E-state index is -0.953. The van der Waals surface area contributed by atoms with Crippen molar-refractivity contribution in [3.8, 4) is 0 Å². The van der Waals surface area contributed by atoms with Crippen LogP contribution in [0.4, 0.5) is 5.82 Å². The molecule has 1 atom stereocenters. The summed E-state index contributed by atoms with van der Waals surface area (Å²) in [7, 11) is 2.07. The predicted molar refractivity (Wildman–Crippen MR) is 76.8 cm³/mol. The number of pyridine rings is 1. The minimum Gasteiger partial charge on any atom is -0.478 e. The average molecular weight is 265 g/mol. The number of carbonyl (C=O) groups is 1. The number of carboxylic acids is 1. The lowest BCUT2D eigenvalue weighted by Gasteiger charge is -2.23. The van der Waals surface area contributed by atoms with E-state index in [1.165, 1.54) is 0 Å². The van der Waals surface area contributed by atoms with Crippen molar-refractivity contribution in [3.63, 3.8) is 0 Å². The SMILES string of the molecule is CCC(C)N(C)CCNc1nc(C)ccc1C(=O)O. The Morgan fingerprint density at radius 2 is 2.21 bits per heavy atom. The molecule has 1 aromatic heterocycles. The third-order valence-corrected chi connectivity index (χ3v) is 3.37. The Balaban J connectivity index is 2.62. The molecule has 5 heteroatoms. The second kappa shape index (κ2) is 7.09. The zero-order valence-electron chi connectivity index (χ0n) is 12.1. The molecule has 5 nitrogen and oxygen atoms in total. The number of aromatic carboxylic acids is 1. The molecule has 0 bridgehead atoms. The van der Waals surface area contributed by atoms with Gasteiger partial charge in [0.15, 0.2) is 0 Å². The van der Waals surface area contributed by atoms with Crippen molar-refractivity contribution in [3.05, 3.63) is 23.4 Å². The lowest BCUT2D eigenvalue weighted by molar-refractivity contribution is 0.0697. The average Bonchev–Trinajstić information content (AvgIpc) is 2.37. The van der Waals surface area contributed by atoms with E-state index in [1.54, 1.807) is 12.1 Å². The Hall–Kier alpha value is -1.62. The Bertz CT molecular complexity index is 435. The second-order valence-corrected chi connectivity index (χ2v) is 4.82. The van der Waals surface area contributed by atoms with E-state index in [-0.39, 0.29) is 5.56 Å².